The van der Waals surface area contributed by atoms with Crippen LogP contribution in [0.15, 0.2) is 28.8 Å². The molecule has 0 bridgehead atoms. The Balaban J connectivity index is 1.83. The molecule has 0 amide bonds. The highest BCUT2D eigenvalue weighted by Crippen LogP contribution is 2.35. The molecule has 2 heterocycles. The molecule has 0 aliphatic carbocycles. The SMILES string of the molecule is C[C@H](N)c1nc(C2COc3ccccc3O2)no1. The third-order valence-corrected chi connectivity index (χ3v) is 2.64. The van der Waals surface area contributed by atoms with E-state index in [0.29, 0.717) is 24.1 Å². The Kier molecular flexibility index (Phi) is 2.64. The summed E-state index contributed by atoms with van der Waals surface area (Å²) in [6.45, 7) is 2.14. The van der Waals surface area contributed by atoms with Crippen molar-refractivity contribution in [2.75, 3.05) is 6.61 Å². The maximum Gasteiger partial charge on any atom is 0.243 e. The molecule has 0 spiro atoms. The van der Waals surface area contributed by atoms with Crippen molar-refractivity contribution in [3.05, 3.63) is 36.0 Å². The van der Waals surface area contributed by atoms with E-state index >= 15 is 0 Å². The fourth-order valence-corrected chi connectivity index (χ4v) is 1.71. The molecule has 94 valence electrons. The van der Waals surface area contributed by atoms with Crippen LogP contribution in [0.3, 0.4) is 0 Å². The van der Waals surface area contributed by atoms with Crippen LogP contribution in [0, 0.1) is 0 Å². The predicted molar refractivity (Wildman–Crippen MR) is 62.2 cm³/mol. The van der Waals surface area contributed by atoms with Gasteiger partial charge >= 0.3 is 0 Å². The Morgan fingerprint density at radius 1 is 1.33 bits per heavy atom. The Hall–Kier alpha value is -2.08. The van der Waals surface area contributed by atoms with Gasteiger partial charge in [0.15, 0.2) is 17.6 Å². The van der Waals surface area contributed by atoms with Crippen molar-refractivity contribution >= 4 is 0 Å². The maximum absolute atomic E-state index is 5.76. The van der Waals surface area contributed by atoms with Crippen molar-refractivity contribution in [1.29, 1.82) is 0 Å². The van der Waals surface area contributed by atoms with Crippen LogP contribution >= 0.6 is 0 Å². The van der Waals surface area contributed by atoms with Crippen LogP contribution in [0.4, 0.5) is 0 Å². The molecule has 1 unspecified atom stereocenters. The number of hydrogen-bond acceptors (Lipinski definition) is 6. The average molecular weight is 247 g/mol. The van der Waals surface area contributed by atoms with Crippen molar-refractivity contribution in [3.63, 3.8) is 0 Å². The van der Waals surface area contributed by atoms with Gasteiger partial charge in [-0.25, -0.2) is 0 Å². The topological polar surface area (TPSA) is 83.4 Å². The van der Waals surface area contributed by atoms with Gasteiger partial charge in [0.1, 0.15) is 6.61 Å². The fraction of sp³-hybridized carbons (Fsp3) is 0.333. The number of ether oxygens (including phenoxy) is 2. The van der Waals surface area contributed by atoms with Crippen LogP contribution in [0.5, 0.6) is 11.5 Å². The zero-order valence-electron chi connectivity index (χ0n) is 9.87. The minimum atomic E-state index is -0.365. The molecule has 0 fully saturated rings. The molecule has 2 aromatic rings. The van der Waals surface area contributed by atoms with Gasteiger partial charge in [0.2, 0.25) is 11.7 Å². The predicted octanol–water partition coefficient (Wildman–Crippen LogP) is 1.60. The van der Waals surface area contributed by atoms with Gasteiger partial charge in [-0.3, -0.25) is 0 Å². The molecule has 6 heteroatoms. The smallest absolute Gasteiger partial charge is 0.243 e. The van der Waals surface area contributed by atoms with Crippen molar-refractivity contribution in [3.8, 4) is 11.5 Å². The second-order valence-corrected chi connectivity index (χ2v) is 4.14. The molecule has 6 nitrogen and oxygen atoms in total. The van der Waals surface area contributed by atoms with Gasteiger partial charge in [-0.1, -0.05) is 17.3 Å². The summed E-state index contributed by atoms with van der Waals surface area (Å²) in [7, 11) is 0. The van der Waals surface area contributed by atoms with Gasteiger partial charge in [-0.2, -0.15) is 4.98 Å². The highest BCUT2D eigenvalue weighted by Gasteiger charge is 2.27. The fourth-order valence-electron chi connectivity index (χ4n) is 1.71. The van der Waals surface area contributed by atoms with Crippen LogP contribution < -0.4 is 15.2 Å². The molecule has 0 saturated carbocycles. The maximum atomic E-state index is 5.76. The first-order valence-corrected chi connectivity index (χ1v) is 5.71. The first kappa shape index (κ1) is 11.0. The lowest BCUT2D eigenvalue weighted by molar-refractivity contribution is 0.0832. The van der Waals surface area contributed by atoms with E-state index < -0.39 is 0 Å². The summed E-state index contributed by atoms with van der Waals surface area (Å²) >= 11 is 0. The normalized spacial score (nSPS) is 19.6. The molecule has 0 radical (unpaired) electrons. The molecule has 2 N–H and O–H groups in total. The average Bonchev–Trinajstić information content (AvgIpc) is 2.88. The molecule has 2 atom stereocenters. The Morgan fingerprint density at radius 2 is 2.11 bits per heavy atom. The number of nitrogens with two attached hydrogens (primary N) is 1. The summed E-state index contributed by atoms with van der Waals surface area (Å²) < 4.78 is 16.4. The highest BCUT2D eigenvalue weighted by molar-refractivity contribution is 5.40. The lowest BCUT2D eigenvalue weighted by atomic mass is 10.2. The lowest BCUT2D eigenvalue weighted by Crippen LogP contribution is -2.22. The summed E-state index contributed by atoms with van der Waals surface area (Å²) in [6.07, 6.45) is -0.365. The van der Waals surface area contributed by atoms with E-state index in [1.54, 1.807) is 6.92 Å². The number of para-hydroxylation sites is 2. The minimum absolute atomic E-state index is 0.289. The monoisotopic (exact) mass is 247 g/mol. The molecule has 1 aromatic carbocycles. The summed E-state index contributed by atoms with van der Waals surface area (Å²) in [5, 5.41) is 3.86. The second-order valence-electron chi connectivity index (χ2n) is 4.14. The van der Waals surface area contributed by atoms with Crippen molar-refractivity contribution < 1.29 is 14.0 Å². The number of benzene rings is 1. The highest BCUT2D eigenvalue weighted by atomic mass is 16.6. The number of rotatable bonds is 2. The first-order valence-electron chi connectivity index (χ1n) is 5.71. The lowest BCUT2D eigenvalue weighted by Gasteiger charge is -2.24. The van der Waals surface area contributed by atoms with Gasteiger partial charge in [0.05, 0.1) is 6.04 Å². The standard InChI is InChI=1S/C12H13N3O3/c1-7(13)12-14-11(15-18-12)10-6-16-8-4-2-3-5-9(8)17-10/h2-5,7,10H,6,13H2,1H3/t7-,10?/m0/s1. The number of fused-ring (bicyclic) bond motifs is 1. The van der Waals surface area contributed by atoms with Gasteiger partial charge in [0, 0.05) is 0 Å². The van der Waals surface area contributed by atoms with E-state index in [4.69, 9.17) is 19.7 Å². The van der Waals surface area contributed by atoms with Gasteiger partial charge in [-0.05, 0) is 19.1 Å². The van der Waals surface area contributed by atoms with E-state index in [9.17, 15) is 0 Å². The molecule has 1 aromatic heterocycles. The molecule has 1 aliphatic rings. The van der Waals surface area contributed by atoms with Crippen molar-refractivity contribution in [1.82, 2.24) is 10.1 Å². The summed E-state index contributed by atoms with van der Waals surface area (Å²) in [5.41, 5.74) is 5.66. The summed E-state index contributed by atoms with van der Waals surface area (Å²) in [6, 6.07) is 7.19. The third-order valence-electron chi connectivity index (χ3n) is 2.64. The molecule has 18 heavy (non-hydrogen) atoms. The van der Waals surface area contributed by atoms with E-state index in [2.05, 4.69) is 10.1 Å². The number of nitrogens with zero attached hydrogens (tertiary/aromatic N) is 2. The molecule has 3 rings (SSSR count). The molecule has 0 saturated heterocycles. The Labute approximate surface area is 104 Å². The van der Waals surface area contributed by atoms with Crippen molar-refractivity contribution in [2.24, 2.45) is 5.73 Å². The van der Waals surface area contributed by atoms with E-state index in [1.807, 2.05) is 24.3 Å². The third kappa shape index (κ3) is 1.91. The van der Waals surface area contributed by atoms with E-state index in [1.165, 1.54) is 0 Å². The van der Waals surface area contributed by atoms with Crippen LogP contribution in [0.25, 0.3) is 0 Å². The molecular formula is C12H13N3O3. The van der Waals surface area contributed by atoms with E-state index in [0.717, 1.165) is 5.75 Å². The van der Waals surface area contributed by atoms with Crippen LogP contribution in [-0.4, -0.2) is 16.7 Å². The van der Waals surface area contributed by atoms with Crippen LogP contribution in [0.2, 0.25) is 0 Å². The first-order chi connectivity index (χ1) is 8.74. The van der Waals surface area contributed by atoms with Crippen molar-refractivity contribution in [2.45, 2.75) is 19.1 Å². The van der Waals surface area contributed by atoms with Gasteiger partial charge < -0.3 is 19.7 Å². The second kappa shape index (κ2) is 4.30. The minimum Gasteiger partial charge on any atom is -0.485 e. The molecular weight excluding hydrogens is 234 g/mol. The zero-order chi connectivity index (χ0) is 12.5. The molecule has 1 aliphatic heterocycles. The van der Waals surface area contributed by atoms with Gasteiger partial charge in [-0.15, -0.1) is 0 Å². The van der Waals surface area contributed by atoms with Crippen LogP contribution in [0.1, 0.15) is 30.8 Å². The zero-order valence-corrected chi connectivity index (χ0v) is 9.87. The summed E-state index contributed by atoms with van der Waals surface area (Å²) in [4.78, 5) is 4.20. The largest absolute Gasteiger partial charge is 0.485 e. The Morgan fingerprint density at radius 3 is 2.83 bits per heavy atom. The Bertz CT molecular complexity index is 553. The van der Waals surface area contributed by atoms with Crippen LogP contribution in [-0.2, 0) is 0 Å². The number of aromatic nitrogens is 2. The number of hydrogen-bond donors (Lipinski definition) is 1. The van der Waals surface area contributed by atoms with E-state index in [-0.39, 0.29) is 12.1 Å². The van der Waals surface area contributed by atoms with Gasteiger partial charge in [0.25, 0.3) is 0 Å². The quantitative estimate of drug-likeness (QED) is 0.867. The summed E-state index contributed by atoms with van der Waals surface area (Å²) in [5.74, 6) is 2.26.